The molecule has 6 nitrogen and oxygen atoms in total. The minimum absolute atomic E-state index is 0.0524. The van der Waals surface area contributed by atoms with Crippen LogP contribution in [0.25, 0.3) is 0 Å². The van der Waals surface area contributed by atoms with Crippen LogP contribution in [0.5, 0.6) is 0 Å². The fourth-order valence-electron chi connectivity index (χ4n) is 3.69. The summed E-state index contributed by atoms with van der Waals surface area (Å²) in [5.41, 5.74) is 2.59. The Morgan fingerprint density at radius 3 is 2.50 bits per heavy atom. The maximum Gasteiger partial charge on any atom is 0.251 e. The van der Waals surface area contributed by atoms with E-state index in [1.165, 1.54) is 0 Å². The number of rotatable bonds is 8. The van der Waals surface area contributed by atoms with Crippen LogP contribution in [0.4, 0.5) is 0 Å². The lowest BCUT2D eigenvalue weighted by molar-refractivity contribution is -0.121. The molecule has 2 aromatic rings. The second-order valence-corrected chi connectivity index (χ2v) is 9.22. The van der Waals surface area contributed by atoms with Crippen molar-refractivity contribution in [2.45, 2.75) is 38.0 Å². The predicted octanol–water partition coefficient (Wildman–Crippen LogP) is 3.45. The number of ether oxygens (including phenoxy) is 1. The number of amides is 2. The van der Waals surface area contributed by atoms with Gasteiger partial charge in [-0.25, -0.2) is 0 Å². The van der Waals surface area contributed by atoms with Gasteiger partial charge in [0.25, 0.3) is 5.91 Å². The van der Waals surface area contributed by atoms with E-state index in [9.17, 15) is 9.59 Å². The molecule has 0 radical (unpaired) electrons. The summed E-state index contributed by atoms with van der Waals surface area (Å²) in [6.07, 6.45) is 2.32. The van der Waals surface area contributed by atoms with E-state index in [2.05, 4.69) is 15.5 Å². The fraction of sp³-hybridized carbons (Fsp3) is 0.417. The maximum absolute atomic E-state index is 12.4. The number of halogens is 2. The van der Waals surface area contributed by atoms with Crippen LogP contribution in [0, 0.1) is 0 Å². The molecule has 0 spiro atoms. The molecule has 2 fully saturated rings. The summed E-state index contributed by atoms with van der Waals surface area (Å²) in [6, 6.07) is 13.2. The summed E-state index contributed by atoms with van der Waals surface area (Å²) in [7, 11) is 0. The van der Waals surface area contributed by atoms with Gasteiger partial charge in [0, 0.05) is 37.8 Å². The maximum atomic E-state index is 12.4. The molecule has 0 aromatic heterocycles. The summed E-state index contributed by atoms with van der Waals surface area (Å²) in [5.74, 6) is -0.117. The molecule has 4 rings (SSSR count). The third kappa shape index (κ3) is 6.69. The zero-order valence-corrected chi connectivity index (χ0v) is 19.3. The third-order valence-corrected chi connectivity index (χ3v) is 6.37. The lowest BCUT2D eigenvalue weighted by atomic mass is 10.1. The van der Waals surface area contributed by atoms with Gasteiger partial charge in [-0.3, -0.25) is 14.5 Å². The van der Waals surface area contributed by atoms with Crippen LogP contribution in [-0.4, -0.2) is 55.1 Å². The Morgan fingerprint density at radius 1 is 1.03 bits per heavy atom. The number of carbonyl (C=O) groups excluding carboxylic acids is 2. The molecular formula is C24H27Cl2N3O3. The Hall–Kier alpha value is -2.12. The molecule has 8 heteroatoms. The fourth-order valence-corrected chi connectivity index (χ4v) is 4.01. The van der Waals surface area contributed by atoms with E-state index in [0.717, 1.165) is 43.6 Å². The highest BCUT2D eigenvalue weighted by Gasteiger charge is 2.24. The molecule has 1 aliphatic heterocycles. The predicted molar refractivity (Wildman–Crippen MR) is 125 cm³/mol. The molecule has 0 bridgehead atoms. The Balaban J connectivity index is 1.21. The first-order valence-electron chi connectivity index (χ1n) is 10.9. The zero-order valence-electron chi connectivity index (χ0n) is 17.8. The SMILES string of the molecule is O=C(Cc1ccc(C(=O)NC2CC2)cc1)NCC1CN(Cc2ccc(Cl)c(Cl)c2)CCO1. The van der Waals surface area contributed by atoms with Crippen LogP contribution >= 0.6 is 23.2 Å². The van der Waals surface area contributed by atoms with E-state index in [1.54, 1.807) is 12.1 Å². The van der Waals surface area contributed by atoms with Crippen molar-refractivity contribution >= 4 is 35.0 Å². The van der Waals surface area contributed by atoms with Crippen molar-refractivity contribution in [3.63, 3.8) is 0 Å². The van der Waals surface area contributed by atoms with E-state index < -0.39 is 0 Å². The lowest BCUT2D eigenvalue weighted by Gasteiger charge is -2.33. The van der Waals surface area contributed by atoms with Crippen molar-refractivity contribution < 1.29 is 14.3 Å². The van der Waals surface area contributed by atoms with Gasteiger partial charge in [0.15, 0.2) is 0 Å². The van der Waals surface area contributed by atoms with Crippen LogP contribution in [0.3, 0.4) is 0 Å². The molecular weight excluding hydrogens is 449 g/mol. The standard InChI is InChI=1S/C24H27Cl2N3O3/c25-21-8-3-17(11-22(21)26)14-29-9-10-32-20(15-29)13-27-23(30)12-16-1-4-18(5-2-16)24(31)28-19-6-7-19/h1-5,8,11,19-20H,6-7,9-10,12-15H2,(H,27,30)(H,28,31). The van der Waals surface area contributed by atoms with Crippen molar-refractivity contribution in [1.29, 1.82) is 0 Å². The molecule has 1 aliphatic carbocycles. The first-order valence-corrected chi connectivity index (χ1v) is 11.7. The van der Waals surface area contributed by atoms with Gasteiger partial charge in [0.2, 0.25) is 5.91 Å². The summed E-state index contributed by atoms with van der Waals surface area (Å²) >= 11 is 12.1. The summed E-state index contributed by atoms with van der Waals surface area (Å²) < 4.78 is 5.82. The van der Waals surface area contributed by atoms with Crippen molar-refractivity contribution in [2.24, 2.45) is 0 Å². The first kappa shape index (κ1) is 23.1. The van der Waals surface area contributed by atoms with Crippen molar-refractivity contribution in [3.05, 3.63) is 69.2 Å². The smallest absolute Gasteiger partial charge is 0.251 e. The van der Waals surface area contributed by atoms with Crippen LogP contribution in [-0.2, 0) is 22.5 Å². The van der Waals surface area contributed by atoms with Crippen molar-refractivity contribution in [2.75, 3.05) is 26.2 Å². The average Bonchev–Trinajstić information content (AvgIpc) is 3.60. The largest absolute Gasteiger partial charge is 0.374 e. The molecule has 1 saturated heterocycles. The van der Waals surface area contributed by atoms with Crippen molar-refractivity contribution in [1.82, 2.24) is 15.5 Å². The van der Waals surface area contributed by atoms with Crippen LogP contribution in [0.15, 0.2) is 42.5 Å². The first-order chi connectivity index (χ1) is 15.5. The number of carbonyl (C=O) groups is 2. The van der Waals surface area contributed by atoms with E-state index in [-0.39, 0.29) is 24.3 Å². The number of nitrogens with one attached hydrogen (secondary N) is 2. The van der Waals surface area contributed by atoms with Gasteiger partial charge in [-0.15, -0.1) is 0 Å². The number of benzene rings is 2. The Bertz CT molecular complexity index is 963. The minimum Gasteiger partial charge on any atom is -0.374 e. The van der Waals surface area contributed by atoms with Crippen LogP contribution < -0.4 is 10.6 Å². The Labute approximate surface area is 198 Å². The Kier molecular flexibility index (Phi) is 7.68. The molecule has 2 aromatic carbocycles. The highest BCUT2D eigenvalue weighted by Crippen LogP contribution is 2.23. The van der Waals surface area contributed by atoms with Gasteiger partial charge in [-0.1, -0.05) is 41.4 Å². The molecule has 1 heterocycles. The highest BCUT2D eigenvalue weighted by molar-refractivity contribution is 6.42. The second kappa shape index (κ2) is 10.7. The van der Waals surface area contributed by atoms with E-state index in [0.29, 0.717) is 34.8 Å². The van der Waals surface area contributed by atoms with Gasteiger partial charge in [0.05, 0.1) is 29.2 Å². The van der Waals surface area contributed by atoms with Gasteiger partial charge < -0.3 is 15.4 Å². The van der Waals surface area contributed by atoms with Gasteiger partial charge in [-0.05, 0) is 48.2 Å². The molecule has 1 atom stereocenters. The van der Waals surface area contributed by atoms with Crippen molar-refractivity contribution in [3.8, 4) is 0 Å². The van der Waals surface area contributed by atoms with Crippen LogP contribution in [0.2, 0.25) is 10.0 Å². The Morgan fingerprint density at radius 2 is 1.78 bits per heavy atom. The van der Waals surface area contributed by atoms with Gasteiger partial charge in [0.1, 0.15) is 0 Å². The third-order valence-electron chi connectivity index (χ3n) is 5.63. The number of morpholine rings is 1. The lowest BCUT2D eigenvalue weighted by Crippen LogP contribution is -2.47. The monoisotopic (exact) mass is 475 g/mol. The summed E-state index contributed by atoms with van der Waals surface area (Å²) in [5, 5.41) is 7.03. The molecule has 2 N–H and O–H groups in total. The molecule has 170 valence electrons. The number of hydrogen-bond donors (Lipinski definition) is 2. The molecule has 1 unspecified atom stereocenters. The second-order valence-electron chi connectivity index (χ2n) is 8.40. The zero-order chi connectivity index (χ0) is 22.5. The minimum atomic E-state index is -0.0658. The normalized spacial score (nSPS) is 18.9. The quantitative estimate of drug-likeness (QED) is 0.613. The van der Waals surface area contributed by atoms with Crippen LogP contribution in [0.1, 0.15) is 34.3 Å². The van der Waals surface area contributed by atoms with E-state index >= 15 is 0 Å². The molecule has 32 heavy (non-hydrogen) atoms. The van der Waals surface area contributed by atoms with E-state index in [4.69, 9.17) is 27.9 Å². The average molecular weight is 476 g/mol. The summed E-state index contributed by atoms with van der Waals surface area (Å²) in [4.78, 5) is 26.7. The van der Waals surface area contributed by atoms with E-state index in [1.807, 2.05) is 30.3 Å². The molecule has 2 aliphatic rings. The van der Waals surface area contributed by atoms with Gasteiger partial charge >= 0.3 is 0 Å². The number of hydrogen-bond acceptors (Lipinski definition) is 4. The number of nitrogens with zero attached hydrogens (tertiary/aromatic N) is 1. The highest BCUT2D eigenvalue weighted by atomic mass is 35.5. The molecule has 1 saturated carbocycles. The summed E-state index contributed by atoms with van der Waals surface area (Å²) in [6.45, 7) is 3.38. The van der Waals surface area contributed by atoms with Gasteiger partial charge in [-0.2, -0.15) is 0 Å². The topological polar surface area (TPSA) is 70.7 Å². The molecule has 2 amide bonds.